The van der Waals surface area contributed by atoms with E-state index in [9.17, 15) is 4.79 Å². The molecule has 1 heterocycles. The lowest BCUT2D eigenvalue weighted by molar-refractivity contribution is 0.112. The number of phenolic OH excluding ortho intramolecular Hbond substituents is 1. The minimum atomic E-state index is 0.305. The molecule has 0 fully saturated rings. The third kappa shape index (κ3) is 3.64. The van der Waals surface area contributed by atoms with Crippen molar-refractivity contribution in [1.82, 2.24) is 4.98 Å². The molecular formula is C25H19NO2. The van der Waals surface area contributed by atoms with Crippen molar-refractivity contribution in [2.45, 2.75) is 0 Å². The summed E-state index contributed by atoms with van der Waals surface area (Å²) in [5.74, 6) is 0.305. The number of benzene rings is 4. The van der Waals surface area contributed by atoms with Crippen molar-refractivity contribution in [1.29, 1.82) is 0 Å². The number of aromatic amines is 1. The molecule has 0 saturated carbocycles. The number of nitrogens with one attached hydrogen (secondary N) is 1. The molecule has 0 aliphatic carbocycles. The van der Waals surface area contributed by atoms with Crippen molar-refractivity contribution >= 4 is 28.1 Å². The van der Waals surface area contributed by atoms with Gasteiger partial charge in [-0.05, 0) is 47.5 Å². The fourth-order valence-corrected chi connectivity index (χ4v) is 3.22. The van der Waals surface area contributed by atoms with E-state index in [0.717, 1.165) is 33.7 Å². The van der Waals surface area contributed by atoms with Crippen molar-refractivity contribution in [2.75, 3.05) is 0 Å². The van der Waals surface area contributed by atoms with E-state index in [0.29, 0.717) is 11.3 Å². The largest absolute Gasteiger partial charge is 0.508 e. The van der Waals surface area contributed by atoms with E-state index in [1.807, 2.05) is 78.9 Å². The zero-order valence-electron chi connectivity index (χ0n) is 15.2. The van der Waals surface area contributed by atoms with Gasteiger partial charge in [0.2, 0.25) is 0 Å². The molecule has 136 valence electrons. The third-order valence-electron chi connectivity index (χ3n) is 4.64. The van der Waals surface area contributed by atoms with Gasteiger partial charge in [-0.25, -0.2) is 0 Å². The number of H-pyrrole nitrogens is 1. The van der Waals surface area contributed by atoms with Gasteiger partial charge < -0.3 is 10.1 Å². The summed E-state index contributed by atoms with van der Waals surface area (Å²) < 4.78 is 0. The normalized spacial score (nSPS) is 10.4. The maximum Gasteiger partial charge on any atom is 0.150 e. The van der Waals surface area contributed by atoms with E-state index in [1.165, 1.54) is 5.56 Å². The highest BCUT2D eigenvalue weighted by Gasteiger charge is 2.03. The van der Waals surface area contributed by atoms with Gasteiger partial charge in [0, 0.05) is 27.4 Å². The van der Waals surface area contributed by atoms with Crippen molar-refractivity contribution in [3.8, 4) is 16.9 Å². The summed E-state index contributed by atoms with van der Waals surface area (Å²) in [5, 5.41) is 11.4. The number of para-hydroxylation sites is 1. The highest BCUT2D eigenvalue weighted by Crippen LogP contribution is 2.25. The van der Waals surface area contributed by atoms with E-state index < -0.39 is 0 Å². The van der Waals surface area contributed by atoms with Crippen LogP contribution in [0, 0.1) is 0 Å². The smallest absolute Gasteiger partial charge is 0.150 e. The van der Waals surface area contributed by atoms with Gasteiger partial charge in [-0.15, -0.1) is 0 Å². The molecule has 2 N–H and O–H groups in total. The van der Waals surface area contributed by atoms with Crippen LogP contribution in [0.4, 0.5) is 0 Å². The lowest BCUT2D eigenvalue weighted by Crippen LogP contribution is -1.77. The van der Waals surface area contributed by atoms with Crippen LogP contribution >= 0.6 is 0 Å². The number of aldehydes is 1. The molecule has 0 amide bonds. The van der Waals surface area contributed by atoms with E-state index in [1.54, 1.807) is 12.1 Å². The van der Waals surface area contributed by atoms with Crippen LogP contribution in [0.2, 0.25) is 0 Å². The Bertz CT molecular complexity index is 1220. The number of aromatic hydroxyl groups is 1. The first-order valence-electron chi connectivity index (χ1n) is 9.05. The Morgan fingerprint density at radius 2 is 1.29 bits per heavy atom. The highest BCUT2D eigenvalue weighted by atomic mass is 16.3. The van der Waals surface area contributed by atoms with E-state index in [-0.39, 0.29) is 0 Å². The van der Waals surface area contributed by atoms with Gasteiger partial charge in [-0.2, -0.15) is 0 Å². The Balaban J connectivity index is 0.000000139. The van der Waals surface area contributed by atoms with E-state index in [2.05, 4.69) is 11.1 Å². The summed E-state index contributed by atoms with van der Waals surface area (Å²) in [6.07, 6.45) is 0.876. The molecule has 0 aliphatic heterocycles. The number of carbonyl (C=O) groups is 1. The first kappa shape index (κ1) is 17.6. The molecule has 3 heteroatoms. The van der Waals surface area contributed by atoms with Crippen LogP contribution in [0.5, 0.6) is 5.75 Å². The number of hydrogen-bond acceptors (Lipinski definition) is 2. The molecule has 1 aromatic heterocycles. The Morgan fingerprint density at radius 1 is 0.643 bits per heavy atom. The van der Waals surface area contributed by atoms with Crippen molar-refractivity contribution < 1.29 is 9.90 Å². The molecule has 0 saturated heterocycles. The monoisotopic (exact) mass is 365 g/mol. The molecule has 0 spiro atoms. The molecule has 0 aliphatic rings. The van der Waals surface area contributed by atoms with E-state index >= 15 is 0 Å². The maximum atomic E-state index is 10.7. The van der Waals surface area contributed by atoms with Gasteiger partial charge in [0.25, 0.3) is 0 Å². The second kappa shape index (κ2) is 7.80. The van der Waals surface area contributed by atoms with Crippen LogP contribution in [0.15, 0.2) is 97.1 Å². The summed E-state index contributed by atoms with van der Waals surface area (Å²) in [6.45, 7) is 0. The lowest BCUT2D eigenvalue weighted by atomic mass is 10.1. The number of aromatic nitrogens is 1. The number of fused-ring (bicyclic) bond motifs is 3. The third-order valence-corrected chi connectivity index (χ3v) is 4.64. The van der Waals surface area contributed by atoms with Crippen molar-refractivity contribution in [3.05, 3.63) is 103 Å². The number of carbonyl (C=O) groups excluding carboxylic acids is 1. The fourth-order valence-electron chi connectivity index (χ4n) is 3.22. The van der Waals surface area contributed by atoms with Gasteiger partial charge in [0.1, 0.15) is 12.0 Å². The lowest BCUT2D eigenvalue weighted by Gasteiger charge is -2.00. The van der Waals surface area contributed by atoms with Crippen molar-refractivity contribution in [3.63, 3.8) is 0 Å². The highest BCUT2D eigenvalue weighted by molar-refractivity contribution is 6.08. The van der Waals surface area contributed by atoms with E-state index in [4.69, 9.17) is 5.11 Å². The Kier molecular flexibility index (Phi) is 4.89. The standard InChI is InChI=1S/C13H9NO.C12H10O/c15-8-9-5-6-13-11(7-9)10-3-1-2-4-12(10)14-13;13-12-8-6-11(7-9-12)10-4-2-1-3-5-10/h1-8,14H;1-9,13H. The molecule has 0 unspecified atom stereocenters. The predicted molar refractivity (Wildman–Crippen MR) is 115 cm³/mol. The number of hydrogen-bond donors (Lipinski definition) is 2. The molecule has 0 atom stereocenters. The predicted octanol–water partition coefficient (Wildman–Crippen LogP) is 6.19. The maximum absolute atomic E-state index is 10.7. The molecule has 28 heavy (non-hydrogen) atoms. The number of rotatable bonds is 2. The Labute approximate surface area is 162 Å². The van der Waals surface area contributed by atoms with Gasteiger partial charge in [-0.3, -0.25) is 4.79 Å². The first-order valence-corrected chi connectivity index (χ1v) is 9.05. The summed E-state index contributed by atoms with van der Waals surface area (Å²) in [4.78, 5) is 14.0. The first-order chi connectivity index (χ1) is 13.7. The van der Waals surface area contributed by atoms with Crippen LogP contribution in [0.25, 0.3) is 32.9 Å². The number of phenols is 1. The van der Waals surface area contributed by atoms with Gasteiger partial charge >= 0.3 is 0 Å². The Hall–Kier alpha value is -3.85. The summed E-state index contributed by atoms with van der Waals surface area (Å²) in [6, 6.07) is 31.1. The van der Waals surface area contributed by atoms with Gasteiger partial charge in [0.05, 0.1) is 0 Å². The molecule has 5 aromatic rings. The average molecular weight is 365 g/mol. The topological polar surface area (TPSA) is 53.1 Å². The second-order valence-electron chi connectivity index (χ2n) is 6.51. The summed E-state index contributed by atoms with van der Waals surface area (Å²) >= 11 is 0. The SMILES string of the molecule is O=Cc1ccc2[nH]c3ccccc3c2c1.Oc1ccc(-c2ccccc2)cc1. The van der Waals surface area contributed by atoms with Gasteiger partial charge in [-0.1, -0.05) is 60.7 Å². The quantitative estimate of drug-likeness (QED) is 0.366. The molecule has 3 nitrogen and oxygen atoms in total. The Morgan fingerprint density at radius 3 is 2.04 bits per heavy atom. The fraction of sp³-hybridized carbons (Fsp3) is 0. The molecule has 0 bridgehead atoms. The van der Waals surface area contributed by atoms with Crippen molar-refractivity contribution in [2.24, 2.45) is 0 Å². The molecular weight excluding hydrogens is 346 g/mol. The minimum Gasteiger partial charge on any atom is -0.508 e. The van der Waals surface area contributed by atoms with Crippen LogP contribution in [0.3, 0.4) is 0 Å². The average Bonchev–Trinajstić information content (AvgIpc) is 3.13. The second-order valence-corrected chi connectivity index (χ2v) is 6.51. The van der Waals surface area contributed by atoms with Crippen LogP contribution < -0.4 is 0 Å². The minimum absolute atomic E-state index is 0.305. The zero-order chi connectivity index (χ0) is 19.3. The zero-order valence-corrected chi connectivity index (χ0v) is 15.2. The van der Waals surface area contributed by atoms with Crippen LogP contribution in [0.1, 0.15) is 10.4 Å². The van der Waals surface area contributed by atoms with Gasteiger partial charge in [0.15, 0.2) is 0 Å². The van der Waals surface area contributed by atoms with Crippen LogP contribution in [-0.4, -0.2) is 16.4 Å². The summed E-state index contributed by atoms with van der Waals surface area (Å²) in [5.41, 5.74) is 5.19. The molecule has 0 radical (unpaired) electrons. The molecule has 4 aromatic carbocycles. The summed E-state index contributed by atoms with van der Waals surface area (Å²) in [7, 11) is 0. The molecule has 5 rings (SSSR count). The van der Waals surface area contributed by atoms with Crippen LogP contribution in [-0.2, 0) is 0 Å².